The van der Waals surface area contributed by atoms with E-state index in [4.69, 9.17) is 5.11 Å². The fourth-order valence-electron chi connectivity index (χ4n) is 1.74. The maximum absolute atomic E-state index is 10.6. The molecule has 0 fully saturated rings. The zero-order valence-electron chi connectivity index (χ0n) is 8.25. The summed E-state index contributed by atoms with van der Waals surface area (Å²) in [6, 6.07) is 0. The third-order valence-electron chi connectivity index (χ3n) is 2.71. The van der Waals surface area contributed by atoms with Crippen molar-refractivity contribution in [1.82, 2.24) is 0 Å². The van der Waals surface area contributed by atoms with Crippen molar-refractivity contribution in [3.05, 3.63) is 11.6 Å². The van der Waals surface area contributed by atoms with Gasteiger partial charge in [0.2, 0.25) is 0 Å². The molecule has 1 rings (SSSR count). The van der Waals surface area contributed by atoms with Crippen LogP contribution in [0.4, 0.5) is 0 Å². The lowest BCUT2D eigenvalue weighted by atomic mass is 9.88. The van der Waals surface area contributed by atoms with Crippen LogP contribution in [0.2, 0.25) is 0 Å². The van der Waals surface area contributed by atoms with Crippen LogP contribution in [0.5, 0.6) is 0 Å². The van der Waals surface area contributed by atoms with Crippen molar-refractivity contribution in [1.29, 1.82) is 0 Å². The Bertz CT molecular complexity index is 206. The highest BCUT2D eigenvalue weighted by Gasteiger charge is 2.19. The number of carboxylic acid groups (broad SMARTS) is 1. The van der Waals surface area contributed by atoms with E-state index in [1.54, 1.807) is 0 Å². The molecule has 2 heteroatoms. The Morgan fingerprint density at radius 1 is 1.69 bits per heavy atom. The second-order valence-electron chi connectivity index (χ2n) is 3.78. The van der Waals surface area contributed by atoms with Gasteiger partial charge in [-0.2, -0.15) is 0 Å². The van der Waals surface area contributed by atoms with Gasteiger partial charge in [0.25, 0.3) is 0 Å². The van der Waals surface area contributed by atoms with Gasteiger partial charge in [-0.3, -0.25) is 4.79 Å². The maximum Gasteiger partial charge on any atom is 0.306 e. The smallest absolute Gasteiger partial charge is 0.306 e. The fourth-order valence-corrected chi connectivity index (χ4v) is 1.74. The van der Waals surface area contributed by atoms with Crippen LogP contribution in [-0.4, -0.2) is 11.1 Å². The zero-order valence-corrected chi connectivity index (χ0v) is 8.25. The zero-order chi connectivity index (χ0) is 9.68. The summed E-state index contributed by atoms with van der Waals surface area (Å²) in [5.74, 6) is -0.754. The third kappa shape index (κ3) is 3.21. The van der Waals surface area contributed by atoms with Gasteiger partial charge in [0.05, 0.1) is 5.92 Å². The van der Waals surface area contributed by atoms with Gasteiger partial charge in [-0.1, -0.05) is 25.0 Å². The Balaban J connectivity index is 2.34. The Labute approximate surface area is 79.6 Å². The van der Waals surface area contributed by atoms with E-state index in [-0.39, 0.29) is 5.92 Å². The molecule has 0 aromatic carbocycles. The first-order valence-corrected chi connectivity index (χ1v) is 5.14. The molecule has 1 aliphatic rings. The van der Waals surface area contributed by atoms with E-state index in [9.17, 15) is 4.79 Å². The Morgan fingerprint density at radius 2 is 2.46 bits per heavy atom. The number of rotatable bonds is 4. The highest BCUT2D eigenvalue weighted by molar-refractivity contribution is 5.70. The molecule has 0 bridgehead atoms. The summed E-state index contributed by atoms with van der Waals surface area (Å²) in [4.78, 5) is 10.6. The van der Waals surface area contributed by atoms with Crippen LogP contribution in [0.1, 0.15) is 45.4 Å². The Morgan fingerprint density at radius 3 is 2.92 bits per heavy atom. The van der Waals surface area contributed by atoms with E-state index in [0.29, 0.717) is 0 Å². The minimum Gasteiger partial charge on any atom is -0.481 e. The molecule has 0 spiro atoms. The first kappa shape index (κ1) is 10.3. The normalized spacial score (nSPS) is 22.5. The molecule has 74 valence electrons. The Hall–Kier alpha value is -0.790. The fraction of sp³-hybridized carbons (Fsp3) is 0.727. The van der Waals surface area contributed by atoms with Crippen molar-refractivity contribution in [2.45, 2.75) is 45.4 Å². The average molecular weight is 182 g/mol. The molecule has 0 aliphatic heterocycles. The maximum atomic E-state index is 10.6. The highest BCUT2D eigenvalue weighted by atomic mass is 16.4. The number of aliphatic carboxylic acids is 1. The minimum absolute atomic E-state index is 0.120. The van der Waals surface area contributed by atoms with Crippen molar-refractivity contribution >= 4 is 5.97 Å². The molecule has 1 unspecified atom stereocenters. The van der Waals surface area contributed by atoms with Crippen LogP contribution in [0.3, 0.4) is 0 Å². The van der Waals surface area contributed by atoms with Crippen LogP contribution < -0.4 is 0 Å². The summed E-state index contributed by atoms with van der Waals surface area (Å²) in [5, 5.41) is 8.77. The SMILES string of the molecule is CCCCC1=CCC(C(=O)O)CC1. The number of carboxylic acids is 1. The molecule has 1 N–H and O–H groups in total. The van der Waals surface area contributed by atoms with Crippen LogP contribution in [-0.2, 0) is 4.79 Å². The molecule has 1 aliphatic carbocycles. The lowest BCUT2D eigenvalue weighted by Crippen LogP contribution is -2.15. The van der Waals surface area contributed by atoms with Gasteiger partial charge >= 0.3 is 5.97 Å². The van der Waals surface area contributed by atoms with Gasteiger partial charge in [-0.25, -0.2) is 0 Å². The molecule has 0 saturated heterocycles. The van der Waals surface area contributed by atoms with E-state index in [1.165, 1.54) is 24.8 Å². The third-order valence-corrected chi connectivity index (χ3v) is 2.71. The van der Waals surface area contributed by atoms with E-state index < -0.39 is 5.97 Å². The second kappa shape index (κ2) is 5.05. The first-order valence-electron chi connectivity index (χ1n) is 5.14. The standard InChI is InChI=1S/C11H18O2/c1-2-3-4-9-5-7-10(8-6-9)11(12)13/h5,10H,2-4,6-8H2,1H3,(H,12,13). The van der Waals surface area contributed by atoms with Crippen molar-refractivity contribution in [3.8, 4) is 0 Å². The molecule has 0 aromatic rings. The van der Waals surface area contributed by atoms with Crippen LogP contribution in [0, 0.1) is 5.92 Å². The Kier molecular flexibility index (Phi) is 4.00. The minimum atomic E-state index is -0.634. The van der Waals surface area contributed by atoms with E-state index in [2.05, 4.69) is 13.0 Å². The number of hydrogen-bond donors (Lipinski definition) is 1. The lowest BCUT2D eigenvalue weighted by molar-refractivity contribution is -0.141. The molecule has 0 saturated carbocycles. The van der Waals surface area contributed by atoms with Gasteiger partial charge in [0, 0.05) is 0 Å². The molecule has 0 aromatic heterocycles. The van der Waals surface area contributed by atoms with Gasteiger partial charge in [-0.05, 0) is 32.1 Å². The molecular weight excluding hydrogens is 164 g/mol. The number of hydrogen-bond acceptors (Lipinski definition) is 1. The van der Waals surface area contributed by atoms with Crippen molar-refractivity contribution in [3.63, 3.8) is 0 Å². The summed E-state index contributed by atoms with van der Waals surface area (Å²) in [5.41, 5.74) is 1.47. The summed E-state index contributed by atoms with van der Waals surface area (Å²) in [7, 11) is 0. The quantitative estimate of drug-likeness (QED) is 0.678. The van der Waals surface area contributed by atoms with Gasteiger partial charge in [-0.15, -0.1) is 0 Å². The summed E-state index contributed by atoms with van der Waals surface area (Å²) < 4.78 is 0. The van der Waals surface area contributed by atoms with E-state index in [0.717, 1.165) is 19.3 Å². The summed E-state index contributed by atoms with van der Waals surface area (Å²) in [6.45, 7) is 2.18. The van der Waals surface area contributed by atoms with E-state index in [1.807, 2.05) is 0 Å². The van der Waals surface area contributed by atoms with Crippen molar-refractivity contribution in [2.75, 3.05) is 0 Å². The molecule has 0 heterocycles. The van der Waals surface area contributed by atoms with Gasteiger partial charge < -0.3 is 5.11 Å². The lowest BCUT2D eigenvalue weighted by Gasteiger charge is -2.18. The topological polar surface area (TPSA) is 37.3 Å². The number of allylic oxidation sites excluding steroid dienone is 2. The van der Waals surface area contributed by atoms with Crippen molar-refractivity contribution in [2.24, 2.45) is 5.92 Å². The molecule has 1 atom stereocenters. The largest absolute Gasteiger partial charge is 0.481 e. The van der Waals surface area contributed by atoms with Crippen LogP contribution in [0.15, 0.2) is 11.6 Å². The molecule has 0 radical (unpaired) electrons. The molecule has 0 amide bonds. The van der Waals surface area contributed by atoms with Gasteiger partial charge in [0.1, 0.15) is 0 Å². The number of carbonyl (C=O) groups is 1. The summed E-state index contributed by atoms with van der Waals surface area (Å²) >= 11 is 0. The monoisotopic (exact) mass is 182 g/mol. The summed E-state index contributed by atoms with van der Waals surface area (Å²) in [6.07, 6.45) is 8.35. The number of unbranched alkanes of at least 4 members (excludes halogenated alkanes) is 1. The molecular formula is C11H18O2. The molecule has 13 heavy (non-hydrogen) atoms. The predicted molar refractivity (Wildman–Crippen MR) is 52.6 cm³/mol. The average Bonchev–Trinajstić information content (AvgIpc) is 2.15. The highest BCUT2D eigenvalue weighted by Crippen LogP contribution is 2.26. The second-order valence-corrected chi connectivity index (χ2v) is 3.78. The predicted octanol–water partition coefficient (Wildman–Crippen LogP) is 2.99. The van der Waals surface area contributed by atoms with E-state index >= 15 is 0 Å². The molecule has 2 nitrogen and oxygen atoms in total. The van der Waals surface area contributed by atoms with Gasteiger partial charge in [0.15, 0.2) is 0 Å². The van der Waals surface area contributed by atoms with Crippen LogP contribution >= 0.6 is 0 Å². The van der Waals surface area contributed by atoms with Crippen LogP contribution in [0.25, 0.3) is 0 Å². The first-order chi connectivity index (χ1) is 6.24. The van der Waals surface area contributed by atoms with Crippen molar-refractivity contribution < 1.29 is 9.90 Å².